The monoisotopic (exact) mass is 449 g/mol. The van der Waals surface area contributed by atoms with Crippen LogP contribution in [0, 0.1) is 6.92 Å². The van der Waals surface area contributed by atoms with E-state index in [1.807, 2.05) is 37.3 Å². The number of hydrogen-bond donors (Lipinski definition) is 0. The van der Waals surface area contributed by atoms with Crippen LogP contribution in [0.3, 0.4) is 0 Å². The first kappa shape index (κ1) is 22.9. The third kappa shape index (κ3) is 4.89. The van der Waals surface area contributed by atoms with E-state index in [1.165, 1.54) is 6.42 Å². The van der Waals surface area contributed by atoms with Crippen molar-refractivity contribution in [2.24, 2.45) is 0 Å². The molecule has 0 amide bonds. The maximum Gasteiger partial charge on any atom is 1.00 e. The summed E-state index contributed by atoms with van der Waals surface area (Å²) in [7, 11) is -1.37. The fourth-order valence-corrected chi connectivity index (χ4v) is 4.89. The molecule has 1 aliphatic carbocycles. The number of pyridine rings is 1. The Morgan fingerprint density at radius 2 is 2.13 bits per heavy atom. The number of para-hydroxylation sites is 2. The second-order valence-electron chi connectivity index (χ2n) is 7.82. The minimum absolute atomic E-state index is 0. The zero-order chi connectivity index (χ0) is 20.6. The summed E-state index contributed by atoms with van der Waals surface area (Å²) < 4.78 is 30.6. The first-order valence-electron chi connectivity index (χ1n) is 10.3. The summed E-state index contributed by atoms with van der Waals surface area (Å²) in [6.07, 6.45) is 5.72. The van der Waals surface area contributed by atoms with Crippen LogP contribution >= 0.6 is 0 Å². The van der Waals surface area contributed by atoms with Crippen molar-refractivity contribution in [1.29, 1.82) is 0 Å². The molecule has 1 aromatic carbocycles. The van der Waals surface area contributed by atoms with E-state index in [9.17, 15) is 4.21 Å². The maximum absolute atomic E-state index is 12.8. The summed E-state index contributed by atoms with van der Waals surface area (Å²) >= 11 is 0. The average molecular weight is 450 g/mol. The maximum atomic E-state index is 12.8. The minimum Gasteiger partial charge on any atom is -0.493 e. The molecule has 3 aromatic rings. The van der Waals surface area contributed by atoms with E-state index in [0.29, 0.717) is 18.4 Å². The predicted molar refractivity (Wildman–Crippen MR) is 112 cm³/mol. The molecule has 2 aromatic heterocycles. The Balaban J connectivity index is 0.00000231. The van der Waals surface area contributed by atoms with Gasteiger partial charge in [0.15, 0.2) is 5.79 Å². The van der Waals surface area contributed by atoms with Crippen LogP contribution in [0.25, 0.3) is 11.0 Å². The molecule has 1 saturated heterocycles. The molecule has 5 rings (SSSR count). The Morgan fingerprint density at radius 1 is 1.29 bits per heavy atom. The van der Waals surface area contributed by atoms with Gasteiger partial charge >= 0.3 is 29.6 Å². The molecule has 158 valence electrons. The molecule has 2 aliphatic rings. The van der Waals surface area contributed by atoms with Gasteiger partial charge in [-0.15, -0.1) is 0 Å². The van der Waals surface area contributed by atoms with Gasteiger partial charge in [0.05, 0.1) is 41.6 Å². The Bertz CT molecular complexity index is 1050. The average Bonchev–Trinajstić information content (AvgIpc) is 3.35. The van der Waals surface area contributed by atoms with Crippen LogP contribution in [0.4, 0.5) is 0 Å². The zero-order valence-corrected chi connectivity index (χ0v) is 20.7. The van der Waals surface area contributed by atoms with E-state index in [-0.39, 0.29) is 47.2 Å². The van der Waals surface area contributed by atoms with Crippen LogP contribution in [0.1, 0.15) is 36.9 Å². The molecule has 1 spiro atoms. The number of hydrogen-bond acceptors (Lipinski definition) is 6. The van der Waals surface area contributed by atoms with Gasteiger partial charge in [-0.3, -0.25) is 9.19 Å². The molecule has 9 heteroatoms. The number of fused-ring (bicyclic) bond motifs is 1. The SMILES string of the molecule is Cc1c(OCCC2COC3(CCC3)O2)ccnc1CS(=O)c1nc2ccccc2[n-]1.[Na+]. The molecular formula is C22H24N3NaO4S. The van der Waals surface area contributed by atoms with Gasteiger partial charge in [-0.25, -0.2) is 0 Å². The minimum atomic E-state index is -1.37. The van der Waals surface area contributed by atoms with Crippen molar-refractivity contribution in [2.75, 3.05) is 13.2 Å². The number of imidazole rings is 1. The van der Waals surface area contributed by atoms with Crippen molar-refractivity contribution < 1.29 is 48.0 Å². The molecule has 2 fully saturated rings. The van der Waals surface area contributed by atoms with Crippen molar-refractivity contribution in [3.63, 3.8) is 0 Å². The summed E-state index contributed by atoms with van der Waals surface area (Å²) in [5, 5.41) is 0.340. The van der Waals surface area contributed by atoms with Gasteiger partial charge in [0, 0.05) is 36.2 Å². The number of benzene rings is 1. The second kappa shape index (κ2) is 9.68. The summed E-state index contributed by atoms with van der Waals surface area (Å²) in [4.78, 5) is 13.2. The van der Waals surface area contributed by atoms with E-state index >= 15 is 0 Å². The van der Waals surface area contributed by atoms with E-state index < -0.39 is 10.8 Å². The van der Waals surface area contributed by atoms with Crippen LogP contribution in [0.15, 0.2) is 41.7 Å². The fraction of sp³-hybridized carbons (Fsp3) is 0.455. The zero-order valence-electron chi connectivity index (χ0n) is 17.9. The summed E-state index contributed by atoms with van der Waals surface area (Å²) in [5.41, 5.74) is 3.13. The third-order valence-corrected chi connectivity index (χ3v) is 6.90. The second-order valence-corrected chi connectivity index (χ2v) is 9.16. The number of aromatic nitrogens is 3. The Kier molecular flexibility index (Phi) is 7.15. The molecular weight excluding hydrogens is 425 g/mol. The van der Waals surface area contributed by atoms with Crippen LogP contribution in [-0.4, -0.2) is 39.3 Å². The van der Waals surface area contributed by atoms with Gasteiger partial charge in [-0.05, 0) is 30.4 Å². The molecule has 1 saturated carbocycles. The molecule has 7 nitrogen and oxygen atoms in total. The number of nitrogens with zero attached hydrogens (tertiary/aromatic N) is 3. The topological polar surface area (TPSA) is 84.6 Å². The van der Waals surface area contributed by atoms with Crippen LogP contribution in [0.5, 0.6) is 5.75 Å². The summed E-state index contributed by atoms with van der Waals surface area (Å²) in [6.45, 7) is 3.11. The van der Waals surface area contributed by atoms with Crippen molar-refractivity contribution in [3.8, 4) is 5.75 Å². The van der Waals surface area contributed by atoms with Gasteiger partial charge in [-0.1, -0.05) is 24.3 Å². The van der Waals surface area contributed by atoms with Gasteiger partial charge in [0.1, 0.15) is 5.75 Å². The largest absolute Gasteiger partial charge is 1.00 e. The van der Waals surface area contributed by atoms with Gasteiger partial charge < -0.3 is 24.2 Å². The van der Waals surface area contributed by atoms with Crippen molar-refractivity contribution >= 4 is 21.8 Å². The molecule has 0 bridgehead atoms. The molecule has 31 heavy (non-hydrogen) atoms. The smallest absolute Gasteiger partial charge is 0.493 e. The van der Waals surface area contributed by atoms with Crippen LogP contribution in [0.2, 0.25) is 0 Å². The van der Waals surface area contributed by atoms with Crippen molar-refractivity contribution in [3.05, 3.63) is 47.8 Å². The fourth-order valence-electron chi connectivity index (χ4n) is 3.82. The van der Waals surface area contributed by atoms with E-state index in [4.69, 9.17) is 14.2 Å². The molecule has 3 heterocycles. The Hall–Kier alpha value is -1.29. The standard InChI is InChI=1S/C22H24N3O4S.Na/c1-15-19(14-30(26)21-24-17-5-2-3-6-18(17)25-21)23-11-7-20(15)27-12-8-16-13-28-22(29-16)9-4-10-22;/h2-3,5-7,11,16H,4,8-10,12-14H2,1H3;/q-1;+1. The van der Waals surface area contributed by atoms with Crippen molar-refractivity contribution in [2.45, 2.75) is 55.4 Å². The van der Waals surface area contributed by atoms with Gasteiger partial charge in [0.2, 0.25) is 0 Å². The first-order chi connectivity index (χ1) is 14.6. The van der Waals surface area contributed by atoms with E-state index in [2.05, 4.69) is 15.0 Å². The van der Waals surface area contributed by atoms with E-state index in [0.717, 1.165) is 47.3 Å². The third-order valence-electron chi connectivity index (χ3n) is 5.77. The Labute approximate surface area is 206 Å². The Morgan fingerprint density at radius 3 is 2.87 bits per heavy atom. The molecule has 2 atom stereocenters. The molecule has 0 N–H and O–H groups in total. The first-order valence-corrected chi connectivity index (χ1v) is 11.6. The van der Waals surface area contributed by atoms with Crippen LogP contribution in [-0.2, 0) is 26.0 Å². The van der Waals surface area contributed by atoms with Gasteiger partial charge in [-0.2, -0.15) is 0 Å². The molecule has 0 radical (unpaired) electrons. The number of ether oxygens (including phenoxy) is 3. The summed E-state index contributed by atoms with van der Waals surface area (Å²) in [6, 6.07) is 9.37. The quantitative estimate of drug-likeness (QED) is 0.479. The molecule has 2 unspecified atom stereocenters. The predicted octanol–water partition coefficient (Wildman–Crippen LogP) is 0.272. The van der Waals surface area contributed by atoms with Crippen LogP contribution < -0.4 is 39.3 Å². The van der Waals surface area contributed by atoms with Gasteiger partial charge in [0.25, 0.3) is 0 Å². The number of rotatable bonds is 7. The van der Waals surface area contributed by atoms with E-state index in [1.54, 1.807) is 6.20 Å². The van der Waals surface area contributed by atoms with Crippen molar-refractivity contribution in [1.82, 2.24) is 15.0 Å². The normalized spacial score (nSPS) is 20.4. The molecule has 1 aliphatic heterocycles. The summed E-state index contributed by atoms with van der Waals surface area (Å²) in [5.74, 6) is 0.701.